The highest BCUT2D eigenvalue weighted by molar-refractivity contribution is 5.92. The van der Waals surface area contributed by atoms with Crippen molar-refractivity contribution in [1.82, 2.24) is 20.2 Å². The summed E-state index contributed by atoms with van der Waals surface area (Å²) in [6.45, 7) is 6.80. The van der Waals surface area contributed by atoms with Gasteiger partial charge >= 0.3 is 5.69 Å². The van der Waals surface area contributed by atoms with Gasteiger partial charge in [-0.25, -0.2) is 4.79 Å². The van der Waals surface area contributed by atoms with Gasteiger partial charge in [0.2, 0.25) is 0 Å². The second-order valence-electron chi connectivity index (χ2n) is 5.40. The number of nitrogens with one attached hydrogen (secondary N) is 3. The molecule has 1 amide bonds. The average molecular weight is 266 g/mol. The SMILES string of the molecule is CC(C)N(CC1CCNCC1)C(=O)c1c[nH]c(=O)[nH]1. The maximum atomic E-state index is 12.4. The molecular weight excluding hydrogens is 244 g/mol. The van der Waals surface area contributed by atoms with Crippen LogP contribution in [-0.4, -0.2) is 46.5 Å². The summed E-state index contributed by atoms with van der Waals surface area (Å²) in [6, 6.07) is 0.126. The Bertz CT molecular complexity index is 471. The van der Waals surface area contributed by atoms with Gasteiger partial charge in [0.25, 0.3) is 5.91 Å². The molecule has 1 aliphatic heterocycles. The van der Waals surface area contributed by atoms with Crippen LogP contribution in [0.1, 0.15) is 37.2 Å². The van der Waals surface area contributed by atoms with Crippen molar-refractivity contribution < 1.29 is 4.79 Å². The molecule has 0 unspecified atom stereocenters. The van der Waals surface area contributed by atoms with Crippen LogP contribution >= 0.6 is 0 Å². The molecule has 1 fully saturated rings. The Balaban J connectivity index is 2.06. The number of carbonyl (C=O) groups excluding carboxylic acids is 1. The number of amides is 1. The lowest BCUT2D eigenvalue weighted by molar-refractivity contribution is 0.0652. The lowest BCUT2D eigenvalue weighted by Crippen LogP contribution is -2.43. The maximum absolute atomic E-state index is 12.4. The highest BCUT2D eigenvalue weighted by Gasteiger charge is 2.24. The zero-order valence-corrected chi connectivity index (χ0v) is 11.5. The molecule has 0 atom stereocenters. The third kappa shape index (κ3) is 3.47. The smallest absolute Gasteiger partial charge is 0.323 e. The molecule has 19 heavy (non-hydrogen) atoms. The number of imidazole rings is 1. The van der Waals surface area contributed by atoms with E-state index < -0.39 is 0 Å². The third-order valence-corrected chi connectivity index (χ3v) is 3.62. The van der Waals surface area contributed by atoms with E-state index in [1.54, 1.807) is 0 Å². The number of hydrogen-bond donors (Lipinski definition) is 3. The quantitative estimate of drug-likeness (QED) is 0.744. The van der Waals surface area contributed by atoms with E-state index in [-0.39, 0.29) is 17.6 Å². The molecule has 1 saturated heterocycles. The number of piperidine rings is 1. The second-order valence-corrected chi connectivity index (χ2v) is 5.40. The fourth-order valence-electron chi connectivity index (χ4n) is 2.47. The summed E-state index contributed by atoms with van der Waals surface area (Å²) in [5.41, 5.74) is 0.00144. The Kier molecular flexibility index (Phi) is 4.42. The van der Waals surface area contributed by atoms with Gasteiger partial charge in [0.1, 0.15) is 5.69 Å². The maximum Gasteiger partial charge on any atom is 0.323 e. The van der Waals surface area contributed by atoms with Gasteiger partial charge in [-0.2, -0.15) is 0 Å². The van der Waals surface area contributed by atoms with E-state index in [9.17, 15) is 9.59 Å². The molecule has 0 bridgehead atoms. The molecule has 1 aromatic rings. The summed E-state index contributed by atoms with van der Waals surface area (Å²) in [6.07, 6.45) is 3.64. The van der Waals surface area contributed by atoms with Crippen LogP contribution in [0.5, 0.6) is 0 Å². The van der Waals surface area contributed by atoms with Gasteiger partial charge in [-0.15, -0.1) is 0 Å². The number of rotatable bonds is 4. The van der Waals surface area contributed by atoms with Crippen LogP contribution in [0, 0.1) is 5.92 Å². The molecule has 0 radical (unpaired) electrons. The number of nitrogens with zero attached hydrogens (tertiary/aromatic N) is 1. The molecule has 0 saturated carbocycles. The molecule has 0 aromatic carbocycles. The zero-order valence-electron chi connectivity index (χ0n) is 11.5. The van der Waals surface area contributed by atoms with E-state index in [1.807, 2.05) is 18.7 Å². The van der Waals surface area contributed by atoms with Crippen LogP contribution in [0.3, 0.4) is 0 Å². The first kappa shape index (κ1) is 13.9. The predicted molar refractivity (Wildman–Crippen MR) is 73.2 cm³/mol. The summed E-state index contributed by atoms with van der Waals surface area (Å²) in [4.78, 5) is 30.3. The van der Waals surface area contributed by atoms with Crippen LogP contribution in [0.15, 0.2) is 11.0 Å². The van der Waals surface area contributed by atoms with E-state index in [0.29, 0.717) is 11.6 Å². The summed E-state index contributed by atoms with van der Waals surface area (Å²) in [5, 5.41) is 3.33. The molecule has 2 rings (SSSR count). The fourth-order valence-corrected chi connectivity index (χ4v) is 2.47. The summed E-state index contributed by atoms with van der Waals surface area (Å²) < 4.78 is 0. The summed E-state index contributed by atoms with van der Waals surface area (Å²) in [7, 11) is 0. The van der Waals surface area contributed by atoms with Crippen molar-refractivity contribution in [2.45, 2.75) is 32.7 Å². The molecule has 106 valence electrons. The van der Waals surface area contributed by atoms with E-state index >= 15 is 0 Å². The standard InChI is InChI=1S/C13H22N4O2/c1-9(2)17(8-10-3-5-14-6-4-10)12(18)11-7-15-13(19)16-11/h7,9-10,14H,3-6,8H2,1-2H3,(H2,15,16,19). The first-order valence-electron chi connectivity index (χ1n) is 6.87. The minimum absolute atomic E-state index is 0.105. The molecule has 6 heteroatoms. The summed E-state index contributed by atoms with van der Waals surface area (Å²) in [5.74, 6) is 0.435. The first-order valence-corrected chi connectivity index (χ1v) is 6.87. The van der Waals surface area contributed by atoms with Gasteiger partial charge in [-0.05, 0) is 45.7 Å². The van der Waals surface area contributed by atoms with Crippen LogP contribution in [0.4, 0.5) is 0 Å². The predicted octanol–water partition coefficient (Wildman–Crippen LogP) is 0.553. The Labute approximate surface area is 112 Å². The van der Waals surface area contributed by atoms with E-state index in [1.165, 1.54) is 6.20 Å². The molecule has 1 aromatic heterocycles. The largest absolute Gasteiger partial charge is 0.335 e. The van der Waals surface area contributed by atoms with Crippen molar-refractivity contribution in [2.75, 3.05) is 19.6 Å². The monoisotopic (exact) mass is 266 g/mol. The second kappa shape index (κ2) is 6.06. The van der Waals surface area contributed by atoms with Crippen LogP contribution < -0.4 is 11.0 Å². The normalized spacial score (nSPS) is 16.8. The lowest BCUT2D eigenvalue weighted by Gasteiger charge is -2.32. The van der Waals surface area contributed by atoms with E-state index in [2.05, 4.69) is 15.3 Å². The average Bonchev–Trinajstić information content (AvgIpc) is 2.83. The fraction of sp³-hybridized carbons (Fsp3) is 0.692. The van der Waals surface area contributed by atoms with Crippen molar-refractivity contribution in [3.05, 3.63) is 22.4 Å². The number of carbonyl (C=O) groups is 1. The van der Waals surface area contributed by atoms with Crippen molar-refractivity contribution in [1.29, 1.82) is 0 Å². The summed E-state index contributed by atoms with van der Waals surface area (Å²) >= 11 is 0. The van der Waals surface area contributed by atoms with Crippen LogP contribution in [0.2, 0.25) is 0 Å². The topological polar surface area (TPSA) is 81.0 Å². The van der Waals surface area contributed by atoms with Gasteiger partial charge in [0.15, 0.2) is 0 Å². The molecule has 0 aliphatic carbocycles. The molecule has 1 aliphatic rings. The molecule has 0 spiro atoms. The molecule has 6 nitrogen and oxygen atoms in total. The number of aromatic amines is 2. The Hall–Kier alpha value is -1.56. The van der Waals surface area contributed by atoms with Gasteiger partial charge in [0.05, 0.1) is 0 Å². The zero-order chi connectivity index (χ0) is 13.8. The van der Waals surface area contributed by atoms with Crippen LogP contribution in [-0.2, 0) is 0 Å². The van der Waals surface area contributed by atoms with Gasteiger partial charge < -0.3 is 20.2 Å². The van der Waals surface area contributed by atoms with E-state index in [4.69, 9.17) is 0 Å². The Morgan fingerprint density at radius 2 is 2.11 bits per heavy atom. The Morgan fingerprint density at radius 3 is 2.63 bits per heavy atom. The van der Waals surface area contributed by atoms with E-state index in [0.717, 1.165) is 32.5 Å². The van der Waals surface area contributed by atoms with Gasteiger partial charge in [0, 0.05) is 18.8 Å². The molecule has 3 N–H and O–H groups in total. The first-order chi connectivity index (χ1) is 9.08. The molecule has 2 heterocycles. The van der Waals surface area contributed by atoms with Gasteiger partial charge in [-0.1, -0.05) is 0 Å². The van der Waals surface area contributed by atoms with Crippen molar-refractivity contribution in [2.24, 2.45) is 5.92 Å². The van der Waals surface area contributed by atoms with Crippen molar-refractivity contribution in [3.8, 4) is 0 Å². The highest BCUT2D eigenvalue weighted by atomic mass is 16.2. The third-order valence-electron chi connectivity index (χ3n) is 3.62. The number of hydrogen-bond acceptors (Lipinski definition) is 3. The van der Waals surface area contributed by atoms with Crippen molar-refractivity contribution in [3.63, 3.8) is 0 Å². The number of aromatic nitrogens is 2. The minimum Gasteiger partial charge on any atom is -0.335 e. The molecular formula is C13H22N4O2. The van der Waals surface area contributed by atoms with Crippen LogP contribution in [0.25, 0.3) is 0 Å². The highest BCUT2D eigenvalue weighted by Crippen LogP contribution is 2.16. The lowest BCUT2D eigenvalue weighted by atomic mass is 9.97. The number of H-pyrrole nitrogens is 2. The van der Waals surface area contributed by atoms with Crippen molar-refractivity contribution >= 4 is 5.91 Å². The Morgan fingerprint density at radius 1 is 1.42 bits per heavy atom. The van der Waals surface area contributed by atoms with Gasteiger partial charge in [-0.3, -0.25) is 4.79 Å². The minimum atomic E-state index is -0.339.